The topological polar surface area (TPSA) is 51.2 Å². The quantitative estimate of drug-likeness (QED) is 0.856. The summed E-state index contributed by atoms with van der Waals surface area (Å²) in [6.45, 7) is 0.159. The molecular formula is C14H12F2N2O2. The van der Waals surface area contributed by atoms with Crippen LogP contribution in [-0.4, -0.2) is 17.5 Å². The van der Waals surface area contributed by atoms with E-state index in [0.717, 1.165) is 12.1 Å². The van der Waals surface area contributed by atoms with Crippen molar-refractivity contribution in [2.24, 2.45) is 0 Å². The summed E-state index contributed by atoms with van der Waals surface area (Å²) in [5.41, 5.74) is -0.156. The number of pyridine rings is 1. The second-order valence-corrected chi connectivity index (χ2v) is 3.93. The van der Waals surface area contributed by atoms with Crippen LogP contribution in [0, 0.1) is 11.9 Å². The van der Waals surface area contributed by atoms with Gasteiger partial charge in [0.1, 0.15) is 5.75 Å². The minimum atomic E-state index is -1.05. The van der Waals surface area contributed by atoms with Crippen LogP contribution >= 0.6 is 0 Å². The summed E-state index contributed by atoms with van der Waals surface area (Å²) in [4.78, 5) is 14.5. The van der Waals surface area contributed by atoms with Crippen molar-refractivity contribution in [3.05, 3.63) is 54.4 Å². The Morgan fingerprint density at radius 1 is 1.15 bits per heavy atom. The number of para-hydroxylation sites is 1. The van der Waals surface area contributed by atoms with Crippen LogP contribution in [-0.2, 0) is 4.79 Å². The normalized spacial score (nSPS) is 10.1. The third kappa shape index (κ3) is 4.01. The summed E-state index contributed by atoms with van der Waals surface area (Å²) in [5, 5.41) is 2.30. The van der Waals surface area contributed by atoms with Crippen LogP contribution in [0.4, 0.5) is 14.5 Å². The van der Waals surface area contributed by atoms with Crippen LogP contribution in [0.3, 0.4) is 0 Å². The molecule has 0 atom stereocenters. The molecular weight excluding hydrogens is 266 g/mol. The Balaban J connectivity index is 1.81. The van der Waals surface area contributed by atoms with E-state index < -0.39 is 17.8 Å². The highest BCUT2D eigenvalue weighted by molar-refractivity contribution is 5.90. The summed E-state index contributed by atoms with van der Waals surface area (Å²) in [5.74, 6) is -1.78. The molecule has 0 saturated heterocycles. The number of carbonyl (C=O) groups is 1. The van der Waals surface area contributed by atoms with Gasteiger partial charge in [0, 0.05) is 0 Å². The molecule has 6 heteroatoms. The smallest absolute Gasteiger partial charge is 0.239 e. The van der Waals surface area contributed by atoms with Crippen LogP contribution in [0.25, 0.3) is 0 Å². The molecule has 0 aliphatic heterocycles. The Bertz CT molecular complexity index is 591. The number of carbonyl (C=O) groups excluding carboxylic acids is 1. The number of hydrogen-bond acceptors (Lipinski definition) is 3. The molecule has 0 aliphatic rings. The molecule has 2 aromatic rings. The van der Waals surface area contributed by atoms with E-state index in [-0.39, 0.29) is 18.7 Å². The largest absolute Gasteiger partial charge is 0.493 e. The Kier molecular flexibility index (Phi) is 4.60. The Hall–Kier alpha value is -2.50. The maximum Gasteiger partial charge on any atom is 0.239 e. The van der Waals surface area contributed by atoms with Gasteiger partial charge in [0.05, 0.1) is 18.7 Å². The maximum atomic E-state index is 13.2. The molecule has 1 amide bonds. The van der Waals surface area contributed by atoms with Gasteiger partial charge in [-0.05, 0) is 24.3 Å². The molecule has 0 saturated carbocycles. The molecule has 0 radical (unpaired) electrons. The Morgan fingerprint density at radius 3 is 2.60 bits per heavy atom. The molecule has 1 aromatic heterocycles. The number of nitrogens with one attached hydrogen (secondary N) is 1. The van der Waals surface area contributed by atoms with Crippen molar-refractivity contribution in [1.82, 2.24) is 4.98 Å². The SMILES string of the molecule is O=C(CCOc1ccccc1)Nc1ccc(F)nc1F. The second-order valence-electron chi connectivity index (χ2n) is 3.93. The van der Waals surface area contributed by atoms with Gasteiger partial charge < -0.3 is 10.1 Å². The molecule has 104 valence electrons. The minimum absolute atomic E-state index is 0.0473. The lowest BCUT2D eigenvalue weighted by atomic mass is 10.3. The predicted molar refractivity (Wildman–Crippen MR) is 69.3 cm³/mol. The average molecular weight is 278 g/mol. The van der Waals surface area contributed by atoms with Crippen LogP contribution in [0.15, 0.2) is 42.5 Å². The van der Waals surface area contributed by atoms with Crippen molar-refractivity contribution in [2.45, 2.75) is 6.42 Å². The third-order valence-electron chi connectivity index (χ3n) is 2.43. The van der Waals surface area contributed by atoms with Crippen LogP contribution in [0.2, 0.25) is 0 Å². The molecule has 1 heterocycles. The number of hydrogen-bond donors (Lipinski definition) is 1. The van der Waals surface area contributed by atoms with E-state index in [0.29, 0.717) is 5.75 Å². The first kappa shape index (κ1) is 13.9. The number of aromatic nitrogens is 1. The fourth-order valence-corrected chi connectivity index (χ4v) is 1.50. The number of anilines is 1. The lowest BCUT2D eigenvalue weighted by molar-refractivity contribution is -0.116. The lowest BCUT2D eigenvalue weighted by Gasteiger charge is -2.07. The highest BCUT2D eigenvalue weighted by Crippen LogP contribution is 2.12. The maximum absolute atomic E-state index is 13.2. The monoisotopic (exact) mass is 278 g/mol. The van der Waals surface area contributed by atoms with Gasteiger partial charge in [-0.1, -0.05) is 18.2 Å². The molecule has 0 bridgehead atoms. The molecule has 1 aromatic carbocycles. The van der Waals surface area contributed by atoms with E-state index in [9.17, 15) is 13.6 Å². The summed E-state index contributed by atoms with van der Waals surface area (Å²) in [6.07, 6.45) is 0.0473. The Morgan fingerprint density at radius 2 is 1.90 bits per heavy atom. The zero-order chi connectivity index (χ0) is 14.4. The average Bonchev–Trinajstić information content (AvgIpc) is 2.43. The lowest BCUT2D eigenvalue weighted by Crippen LogP contribution is -2.16. The van der Waals surface area contributed by atoms with E-state index in [4.69, 9.17) is 4.74 Å². The van der Waals surface area contributed by atoms with Crippen molar-refractivity contribution >= 4 is 11.6 Å². The molecule has 1 N–H and O–H groups in total. The van der Waals surface area contributed by atoms with Gasteiger partial charge in [-0.25, -0.2) is 0 Å². The first-order valence-corrected chi connectivity index (χ1v) is 5.95. The second kappa shape index (κ2) is 6.60. The third-order valence-corrected chi connectivity index (χ3v) is 2.43. The van der Waals surface area contributed by atoms with Gasteiger partial charge in [-0.2, -0.15) is 13.8 Å². The molecule has 0 spiro atoms. The number of rotatable bonds is 5. The number of nitrogens with zero attached hydrogens (tertiary/aromatic N) is 1. The van der Waals surface area contributed by atoms with E-state index in [1.807, 2.05) is 18.2 Å². The van der Waals surface area contributed by atoms with Crippen LogP contribution in [0.1, 0.15) is 6.42 Å². The number of benzene rings is 1. The number of halogens is 2. The van der Waals surface area contributed by atoms with E-state index in [1.54, 1.807) is 12.1 Å². The first-order valence-electron chi connectivity index (χ1n) is 5.95. The summed E-state index contributed by atoms with van der Waals surface area (Å²) < 4.78 is 31.1. The van der Waals surface area contributed by atoms with Gasteiger partial charge in [-0.15, -0.1) is 0 Å². The molecule has 2 rings (SSSR count). The van der Waals surface area contributed by atoms with Gasteiger partial charge in [0.15, 0.2) is 0 Å². The van der Waals surface area contributed by atoms with Gasteiger partial charge in [-0.3, -0.25) is 4.79 Å². The summed E-state index contributed by atoms with van der Waals surface area (Å²) in [6, 6.07) is 11.1. The Labute approximate surface area is 114 Å². The minimum Gasteiger partial charge on any atom is -0.493 e. The fraction of sp³-hybridized carbons (Fsp3) is 0.143. The molecule has 20 heavy (non-hydrogen) atoms. The summed E-state index contributed by atoms with van der Waals surface area (Å²) in [7, 11) is 0. The van der Waals surface area contributed by atoms with Crippen LogP contribution in [0.5, 0.6) is 5.75 Å². The van der Waals surface area contributed by atoms with Gasteiger partial charge in [0.2, 0.25) is 17.8 Å². The van der Waals surface area contributed by atoms with Crippen molar-refractivity contribution in [1.29, 1.82) is 0 Å². The molecule has 4 nitrogen and oxygen atoms in total. The summed E-state index contributed by atoms with van der Waals surface area (Å²) >= 11 is 0. The van der Waals surface area contributed by atoms with E-state index >= 15 is 0 Å². The van der Waals surface area contributed by atoms with Gasteiger partial charge in [0.25, 0.3) is 0 Å². The predicted octanol–water partition coefficient (Wildman–Crippen LogP) is 2.77. The first-order chi connectivity index (χ1) is 9.65. The van der Waals surface area contributed by atoms with E-state index in [2.05, 4.69) is 10.3 Å². The standard InChI is InChI=1S/C14H12F2N2O2/c15-12-7-6-11(14(16)18-12)17-13(19)8-9-20-10-4-2-1-3-5-10/h1-7H,8-9H2,(H,17,19). The number of ether oxygens (including phenoxy) is 1. The van der Waals surface area contributed by atoms with Crippen molar-refractivity contribution in [3.8, 4) is 5.75 Å². The highest BCUT2D eigenvalue weighted by atomic mass is 19.1. The van der Waals surface area contributed by atoms with Gasteiger partial charge >= 0.3 is 0 Å². The number of amides is 1. The van der Waals surface area contributed by atoms with Crippen LogP contribution < -0.4 is 10.1 Å². The molecule has 0 aliphatic carbocycles. The van der Waals surface area contributed by atoms with E-state index in [1.165, 1.54) is 0 Å². The van der Waals surface area contributed by atoms with Crippen molar-refractivity contribution in [2.75, 3.05) is 11.9 Å². The zero-order valence-corrected chi connectivity index (χ0v) is 10.5. The van der Waals surface area contributed by atoms with Crippen molar-refractivity contribution < 1.29 is 18.3 Å². The molecule has 0 fully saturated rings. The fourth-order valence-electron chi connectivity index (χ4n) is 1.50. The van der Waals surface area contributed by atoms with Crippen molar-refractivity contribution in [3.63, 3.8) is 0 Å². The zero-order valence-electron chi connectivity index (χ0n) is 10.5. The molecule has 0 unspecified atom stereocenters. The highest BCUT2D eigenvalue weighted by Gasteiger charge is 2.09.